The summed E-state index contributed by atoms with van der Waals surface area (Å²) in [4.78, 5) is 38.5. The molecule has 2 aromatic rings. The number of carbonyl (C=O) groups is 3. The standard InChI is InChI=1S/C21H23ClN2O4/c1-5-24(6-2)20(26)17-11-16(23-14(4)25)12-18(22)19(17)28-21(27)15-9-7-13(3)8-10-15/h7-12H,5-6H2,1-4H3,(H,23,25). The first-order chi connectivity index (χ1) is 13.3. The summed E-state index contributed by atoms with van der Waals surface area (Å²) in [5, 5.41) is 2.66. The molecule has 0 spiro atoms. The Morgan fingerprint density at radius 2 is 1.68 bits per heavy atom. The summed E-state index contributed by atoms with van der Waals surface area (Å²) in [5.74, 6) is -1.30. The van der Waals surface area contributed by atoms with Gasteiger partial charge in [-0.2, -0.15) is 0 Å². The van der Waals surface area contributed by atoms with Crippen LogP contribution in [0, 0.1) is 6.92 Å². The van der Waals surface area contributed by atoms with Gasteiger partial charge in [-0.25, -0.2) is 4.79 Å². The van der Waals surface area contributed by atoms with E-state index in [2.05, 4.69) is 5.32 Å². The fourth-order valence-electron chi connectivity index (χ4n) is 2.65. The van der Waals surface area contributed by atoms with Crippen molar-refractivity contribution < 1.29 is 19.1 Å². The maximum absolute atomic E-state index is 12.9. The molecule has 0 aliphatic heterocycles. The first-order valence-electron chi connectivity index (χ1n) is 8.96. The maximum atomic E-state index is 12.9. The van der Waals surface area contributed by atoms with Gasteiger partial charge < -0.3 is 15.0 Å². The minimum Gasteiger partial charge on any atom is -0.420 e. The zero-order chi connectivity index (χ0) is 20.8. The number of nitrogens with one attached hydrogen (secondary N) is 1. The van der Waals surface area contributed by atoms with E-state index in [4.69, 9.17) is 16.3 Å². The van der Waals surface area contributed by atoms with Gasteiger partial charge in [0.1, 0.15) is 0 Å². The van der Waals surface area contributed by atoms with E-state index in [9.17, 15) is 14.4 Å². The monoisotopic (exact) mass is 402 g/mol. The van der Waals surface area contributed by atoms with Crippen LogP contribution in [-0.4, -0.2) is 35.8 Å². The van der Waals surface area contributed by atoms with Crippen LogP contribution in [0.15, 0.2) is 36.4 Å². The topological polar surface area (TPSA) is 75.7 Å². The van der Waals surface area contributed by atoms with Crippen molar-refractivity contribution in [3.63, 3.8) is 0 Å². The van der Waals surface area contributed by atoms with E-state index in [0.29, 0.717) is 24.3 Å². The van der Waals surface area contributed by atoms with Crippen LogP contribution >= 0.6 is 11.6 Å². The number of hydrogen-bond acceptors (Lipinski definition) is 4. The van der Waals surface area contributed by atoms with Crippen molar-refractivity contribution in [3.05, 3.63) is 58.1 Å². The number of benzene rings is 2. The quantitative estimate of drug-likeness (QED) is 0.577. The summed E-state index contributed by atoms with van der Waals surface area (Å²) in [5.41, 5.74) is 1.81. The van der Waals surface area contributed by atoms with E-state index in [1.54, 1.807) is 29.2 Å². The third kappa shape index (κ3) is 5.10. The highest BCUT2D eigenvalue weighted by molar-refractivity contribution is 6.33. The van der Waals surface area contributed by atoms with Gasteiger partial charge in [0, 0.05) is 25.7 Å². The summed E-state index contributed by atoms with van der Waals surface area (Å²) in [6.45, 7) is 7.90. The zero-order valence-electron chi connectivity index (χ0n) is 16.3. The SMILES string of the molecule is CCN(CC)C(=O)c1cc(NC(C)=O)cc(Cl)c1OC(=O)c1ccc(C)cc1. The molecular weight excluding hydrogens is 380 g/mol. The Morgan fingerprint density at radius 3 is 2.21 bits per heavy atom. The number of rotatable bonds is 6. The van der Waals surface area contributed by atoms with Gasteiger partial charge in [0.25, 0.3) is 5.91 Å². The van der Waals surface area contributed by atoms with Gasteiger partial charge in [-0.15, -0.1) is 0 Å². The number of halogens is 1. The fraction of sp³-hybridized carbons (Fsp3) is 0.286. The summed E-state index contributed by atoms with van der Waals surface area (Å²) in [6, 6.07) is 9.78. The normalized spacial score (nSPS) is 10.3. The molecule has 2 amide bonds. The van der Waals surface area contributed by atoms with Crippen LogP contribution in [0.3, 0.4) is 0 Å². The largest absolute Gasteiger partial charge is 0.420 e. The average Bonchev–Trinajstić information content (AvgIpc) is 2.64. The third-order valence-corrected chi connectivity index (χ3v) is 4.41. The minimum absolute atomic E-state index is 0.0294. The van der Waals surface area contributed by atoms with Crippen molar-refractivity contribution in [1.29, 1.82) is 0 Å². The van der Waals surface area contributed by atoms with E-state index >= 15 is 0 Å². The smallest absolute Gasteiger partial charge is 0.343 e. The van der Waals surface area contributed by atoms with Crippen LogP contribution in [0.2, 0.25) is 5.02 Å². The van der Waals surface area contributed by atoms with Crippen LogP contribution in [-0.2, 0) is 4.79 Å². The molecule has 0 unspecified atom stereocenters. The number of hydrogen-bond donors (Lipinski definition) is 1. The molecule has 0 atom stereocenters. The number of esters is 1. The van der Waals surface area contributed by atoms with Gasteiger partial charge in [-0.1, -0.05) is 29.3 Å². The molecule has 0 aliphatic rings. The second-order valence-electron chi connectivity index (χ2n) is 6.25. The Bertz CT molecular complexity index is 890. The number of carbonyl (C=O) groups excluding carboxylic acids is 3. The van der Waals surface area contributed by atoms with Crippen LogP contribution in [0.4, 0.5) is 5.69 Å². The number of anilines is 1. The van der Waals surface area contributed by atoms with Gasteiger partial charge in [-0.3, -0.25) is 9.59 Å². The highest BCUT2D eigenvalue weighted by Crippen LogP contribution is 2.34. The van der Waals surface area contributed by atoms with Crippen molar-refractivity contribution in [2.45, 2.75) is 27.7 Å². The third-order valence-electron chi connectivity index (χ3n) is 4.13. The molecule has 0 saturated carbocycles. The first kappa shape index (κ1) is 21.4. The highest BCUT2D eigenvalue weighted by Gasteiger charge is 2.24. The van der Waals surface area contributed by atoms with Gasteiger partial charge in [-0.05, 0) is 45.0 Å². The molecule has 28 heavy (non-hydrogen) atoms. The molecule has 0 aromatic heterocycles. The maximum Gasteiger partial charge on any atom is 0.343 e. The summed E-state index contributed by atoms with van der Waals surface area (Å²) < 4.78 is 5.49. The Morgan fingerprint density at radius 1 is 1.07 bits per heavy atom. The molecule has 6 nitrogen and oxygen atoms in total. The van der Waals surface area contributed by atoms with E-state index in [-0.39, 0.29) is 28.1 Å². The minimum atomic E-state index is -0.622. The van der Waals surface area contributed by atoms with Crippen molar-refractivity contribution in [1.82, 2.24) is 4.90 Å². The number of aryl methyl sites for hydroxylation is 1. The predicted molar refractivity (Wildman–Crippen MR) is 109 cm³/mol. The lowest BCUT2D eigenvalue weighted by atomic mass is 10.1. The van der Waals surface area contributed by atoms with Gasteiger partial charge in [0.2, 0.25) is 5.91 Å². The van der Waals surface area contributed by atoms with Crippen molar-refractivity contribution in [3.8, 4) is 5.75 Å². The molecule has 2 rings (SSSR count). The van der Waals surface area contributed by atoms with E-state index in [1.165, 1.54) is 19.1 Å². The van der Waals surface area contributed by atoms with Crippen LogP contribution < -0.4 is 10.1 Å². The lowest BCUT2D eigenvalue weighted by Gasteiger charge is -2.21. The summed E-state index contributed by atoms with van der Waals surface area (Å²) in [7, 11) is 0. The average molecular weight is 403 g/mol. The Balaban J connectivity index is 2.48. The van der Waals surface area contributed by atoms with Gasteiger partial charge >= 0.3 is 5.97 Å². The van der Waals surface area contributed by atoms with Gasteiger partial charge in [0.05, 0.1) is 16.1 Å². The van der Waals surface area contributed by atoms with Gasteiger partial charge in [0.15, 0.2) is 5.75 Å². The highest BCUT2D eigenvalue weighted by atomic mass is 35.5. The second-order valence-corrected chi connectivity index (χ2v) is 6.66. The van der Waals surface area contributed by atoms with E-state index in [1.807, 2.05) is 20.8 Å². The predicted octanol–water partition coefficient (Wildman–Crippen LogP) is 4.31. The lowest BCUT2D eigenvalue weighted by molar-refractivity contribution is -0.114. The van der Waals surface area contributed by atoms with Crippen molar-refractivity contribution in [2.75, 3.05) is 18.4 Å². The summed E-state index contributed by atoms with van der Waals surface area (Å²) in [6.07, 6.45) is 0. The van der Waals surface area contributed by atoms with E-state index in [0.717, 1.165) is 5.56 Å². The van der Waals surface area contributed by atoms with Crippen molar-refractivity contribution in [2.24, 2.45) is 0 Å². The second kappa shape index (κ2) is 9.37. The lowest BCUT2D eigenvalue weighted by Crippen LogP contribution is -2.31. The molecule has 0 saturated heterocycles. The van der Waals surface area contributed by atoms with Crippen LogP contribution in [0.25, 0.3) is 0 Å². The molecular formula is C21H23ClN2O4. The molecule has 0 heterocycles. The molecule has 2 aromatic carbocycles. The Labute approximate surface area is 169 Å². The van der Waals surface area contributed by atoms with Crippen molar-refractivity contribution >= 4 is 35.1 Å². The first-order valence-corrected chi connectivity index (χ1v) is 9.33. The number of amides is 2. The van der Waals surface area contributed by atoms with E-state index < -0.39 is 5.97 Å². The number of ether oxygens (including phenoxy) is 1. The van der Waals surface area contributed by atoms with Crippen LogP contribution in [0.5, 0.6) is 5.75 Å². The molecule has 7 heteroatoms. The Kier molecular flexibility index (Phi) is 7.18. The Hall–Kier alpha value is -2.86. The molecule has 0 fully saturated rings. The zero-order valence-corrected chi connectivity index (χ0v) is 17.1. The fourth-order valence-corrected chi connectivity index (χ4v) is 2.91. The number of nitrogens with zero attached hydrogens (tertiary/aromatic N) is 1. The summed E-state index contributed by atoms with van der Waals surface area (Å²) >= 11 is 6.31. The molecule has 0 radical (unpaired) electrons. The van der Waals surface area contributed by atoms with Crippen LogP contribution in [0.1, 0.15) is 47.1 Å². The molecule has 0 aliphatic carbocycles. The molecule has 1 N–H and O–H groups in total. The molecule has 148 valence electrons. The molecule has 0 bridgehead atoms.